The topological polar surface area (TPSA) is 34.1 Å². The van der Waals surface area contributed by atoms with Crippen LogP contribution in [0.5, 0.6) is 0 Å². The SMILES string of the molecule is CC(C)(C)c1ccc(NCC2CCOC2)nc1. The third-order valence-corrected chi connectivity index (χ3v) is 3.23. The fraction of sp³-hybridized carbons (Fsp3) is 0.643. The van der Waals surface area contributed by atoms with Gasteiger partial charge in [0.1, 0.15) is 5.82 Å². The molecule has 0 radical (unpaired) electrons. The van der Waals surface area contributed by atoms with E-state index in [2.05, 4.69) is 43.2 Å². The predicted molar refractivity (Wildman–Crippen MR) is 70.4 cm³/mol. The van der Waals surface area contributed by atoms with E-state index in [-0.39, 0.29) is 5.41 Å². The number of aromatic nitrogens is 1. The monoisotopic (exact) mass is 234 g/mol. The number of anilines is 1. The van der Waals surface area contributed by atoms with Gasteiger partial charge in [0.25, 0.3) is 0 Å². The fourth-order valence-electron chi connectivity index (χ4n) is 1.94. The highest BCUT2D eigenvalue weighted by Gasteiger charge is 2.16. The number of nitrogens with zero attached hydrogens (tertiary/aromatic N) is 1. The molecule has 2 heterocycles. The first kappa shape index (κ1) is 12.4. The maximum atomic E-state index is 5.35. The van der Waals surface area contributed by atoms with Gasteiger partial charge in [-0.25, -0.2) is 4.98 Å². The molecule has 1 N–H and O–H groups in total. The molecular formula is C14H22N2O. The summed E-state index contributed by atoms with van der Waals surface area (Å²) in [7, 11) is 0. The molecule has 0 spiro atoms. The number of rotatable bonds is 3. The minimum absolute atomic E-state index is 0.171. The van der Waals surface area contributed by atoms with E-state index in [0.29, 0.717) is 5.92 Å². The Morgan fingerprint density at radius 1 is 1.41 bits per heavy atom. The molecule has 1 saturated heterocycles. The summed E-state index contributed by atoms with van der Waals surface area (Å²) in [6.07, 6.45) is 3.13. The van der Waals surface area contributed by atoms with E-state index in [9.17, 15) is 0 Å². The zero-order chi connectivity index (χ0) is 12.3. The molecule has 0 aliphatic carbocycles. The summed E-state index contributed by atoms with van der Waals surface area (Å²) < 4.78 is 5.35. The molecule has 0 aromatic carbocycles. The van der Waals surface area contributed by atoms with Crippen LogP contribution in [0.25, 0.3) is 0 Å². The molecule has 1 aliphatic heterocycles. The molecule has 0 amide bonds. The van der Waals surface area contributed by atoms with Gasteiger partial charge in [-0.05, 0) is 23.5 Å². The Labute approximate surface area is 104 Å². The van der Waals surface area contributed by atoms with Crippen LogP contribution < -0.4 is 5.32 Å². The summed E-state index contributed by atoms with van der Waals surface area (Å²) in [5.41, 5.74) is 1.44. The molecule has 3 heteroatoms. The largest absolute Gasteiger partial charge is 0.381 e. The second-order valence-corrected chi connectivity index (χ2v) is 5.79. The number of ether oxygens (including phenoxy) is 1. The number of nitrogens with one attached hydrogen (secondary N) is 1. The van der Waals surface area contributed by atoms with Gasteiger partial charge < -0.3 is 10.1 Å². The van der Waals surface area contributed by atoms with Crippen molar-refractivity contribution in [2.75, 3.05) is 25.1 Å². The van der Waals surface area contributed by atoms with Crippen LogP contribution in [-0.4, -0.2) is 24.7 Å². The Morgan fingerprint density at radius 3 is 2.76 bits per heavy atom. The quantitative estimate of drug-likeness (QED) is 0.873. The van der Waals surface area contributed by atoms with E-state index < -0.39 is 0 Å². The lowest BCUT2D eigenvalue weighted by Gasteiger charge is -2.18. The van der Waals surface area contributed by atoms with Crippen molar-refractivity contribution in [2.24, 2.45) is 5.92 Å². The second-order valence-electron chi connectivity index (χ2n) is 5.79. The molecule has 94 valence electrons. The maximum Gasteiger partial charge on any atom is 0.125 e. The summed E-state index contributed by atoms with van der Waals surface area (Å²) >= 11 is 0. The third-order valence-electron chi connectivity index (χ3n) is 3.23. The van der Waals surface area contributed by atoms with E-state index in [1.165, 1.54) is 5.56 Å². The molecule has 3 nitrogen and oxygen atoms in total. The highest BCUT2D eigenvalue weighted by Crippen LogP contribution is 2.22. The number of hydrogen-bond acceptors (Lipinski definition) is 3. The van der Waals surface area contributed by atoms with Gasteiger partial charge in [0.2, 0.25) is 0 Å². The molecule has 1 unspecified atom stereocenters. The molecule has 1 atom stereocenters. The van der Waals surface area contributed by atoms with Crippen LogP contribution in [0, 0.1) is 5.92 Å². The van der Waals surface area contributed by atoms with E-state index in [1.54, 1.807) is 0 Å². The lowest BCUT2D eigenvalue weighted by Crippen LogP contribution is -2.16. The first-order valence-corrected chi connectivity index (χ1v) is 6.34. The van der Waals surface area contributed by atoms with E-state index >= 15 is 0 Å². The Kier molecular flexibility index (Phi) is 3.67. The molecule has 17 heavy (non-hydrogen) atoms. The van der Waals surface area contributed by atoms with Crippen molar-refractivity contribution in [3.8, 4) is 0 Å². The van der Waals surface area contributed by atoms with Gasteiger partial charge in [-0.1, -0.05) is 26.8 Å². The van der Waals surface area contributed by atoms with Crippen LogP contribution in [0.4, 0.5) is 5.82 Å². The van der Waals surface area contributed by atoms with Crippen molar-refractivity contribution < 1.29 is 4.74 Å². The summed E-state index contributed by atoms with van der Waals surface area (Å²) in [6.45, 7) is 9.35. The van der Waals surface area contributed by atoms with E-state index in [1.807, 2.05) is 6.20 Å². The van der Waals surface area contributed by atoms with Gasteiger partial charge in [-0.15, -0.1) is 0 Å². The van der Waals surface area contributed by atoms with Crippen molar-refractivity contribution >= 4 is 5.82 Å². The Hall–Kier alpha value is -1.09. The molecule has 1 aliphatic rings. The van der Waals surface area contributed by atoms with Crippen LogP contribution in [0.2, 0.25) is 0 Å². The van der Waals surface area contributed by atoms with Crippen molar-refractivity contribution in [2.45, 2.75) is 32.6 Å². The zero-order valence-electron chi connectivity index (χ0n) is 11.0. The molecule has 0 bridgehead atoms. The molecule has 1 aromatic rings. The lowest BCUT2D eigenvalue weighted by molar-refractivity contribution is 0.187. The minimum atomic E-state index is 0.171. The van der Waals surface area contributed by atoms with E-state index in [4.69, 9.17) is 4.74 Å². The van der Waals surface area contributed by atoms with E-state index in [0.717, 1.165) is 32.0 Å². The van der Waals surface area contributed by atoms with Crippen LogP contribution in [0.1, 0.15) is 32.8 Å². The standard InChI is InChI=1S/C14H22N2O/c1-14(2,3)12-4-5-13(16-9-12)15-8-11-6-7-17-10-11/h4-5,9,11H,6-8,10H2,1-3H3,(H,15,16). The average molecular weight is 234 g/mol. The van der Waals surface area contributed by atoms with Crippen LogP contribution >= 0.6 is 0 Å². The van der Waals surface area contributed by atoms with Gasteiger partial charge >= 0.3 is 0 Å². The minimum Gasteiger partial charge on any atom is -0.381 e. The highest BCUT2D eigenvalue weighted by molar-refractivity contribution is 5.37. The predicted octanol–water partition coefficient (Wildman–Crippen LogP) is 2.83. The Bertz CT molecular complexity index is 347. The number of hydrogen-bond donors (Lipinski definition) is 1. The van der Waals surface area contributed by atoms with Gasteiger partial charge in [-0.3, -0.25) is 0 Å². The first-order valence-electron chi connectivity index (χ1n) is 6.34. The summed E-state index contributed by atoms with van der Waals surface area (Å²) in [4.78, 5) is 4.45. The first-order chi connectivity index (χ1) is 8.05. The molecule has 0 saturated carbocycles. The zero-order valence-corrected chi connectivity index (χ0v) is 11.0. The molecule has 1 aromatic heterocycles. The highest BCUT2D eigenvalue weighted by atomic mass is 16.5. The molecule has 1 fully saturated rings. The van der Waals surface area contributed by atoms with Crippen molar-refractivity contribution in [3.63, 3.8) is 0 Å². The Balaban J connectivity index is 1.89. The molecular weight excluding hydrogens is 212 g/mol. The van der Waals surface area contributed by atoms with Gasteiger partial charge in [-0.2, -0.15) is 0 Å². The maximum absolute atomic E-state index is 5.35. The van der Waals surface area contributed by atoms with Crippen LogP contribution in [0.3, 0.4) is 0 Å². The van der Waals surface area contributed by atoms with Crippen LogP contribution in [-0.2, 0) is 10.2 Å². The van der Waals surface area contributed by atoms with Crippen molar-refractivity contribution in [1.29, 1.82) is 0 Å². The Morgan fingerprint density at radius 2 is 2.24 bits per heavy atom. The van der Waals surface area contributed by atoms with Gasteiger partial charge in [0.05, 0.1) is 6.61 Å². The fourth-order valence-corrected chi connectivity index (χ4v) is 1.94. The molecule has 2 rings (SSSR count). The van der Waals surface area contributed by atoms with Gasteiger partial charge in [0, 0.05) is 25.3 Å². The normalized spacial score (nSPS) is 20.5. The van der Waals surface area contributed by atoms with Crippen molar-refractivity contribution in [3.05, 3.63) is 23.9 Å². The summed E-state index contributed by atoms with van der Waals surface area (Å²) in [5.74, 6) is 1.60. The lowest BCUT2D eigenvalue weighted by atomic mass is 9.88. The van der Waals surface area contributed by atoms with Crippen molar-refractivity contribution in [1.82, 2.24) is 4.98 Å². The third kappa shape index (κ3) is 3.43. The van der Waals surface area contributed by atoms with Crippen LogP contribution in [0.15, 0.2) is 18.3 Å². The summed E-state index contributed by atoms with van der Waals surface area (Å²) in [5, 5.41) is 3.37. The summed E-state index contributed by atoms with van der Waals surface area (Å²) in [6, 6.07) is 4.22. The second kappa shape index (κ2) is 5.05. The number of pyridine rings is 1. The average Bonchev–Trinajstić information content (AvgIpc) is 2.78. The smallest absolute Gasteiger partial charge is 0.125 e. The van der Waals surface area contributed by atoms with Gasteiger partial charge in [0.15, 0.2) is 0 Å².